The second-order valence-corrected chi connectivity index (χ2v) is 16.7. The van der Waals surface area contributed by atoms with Crippen molar-refractivity contribution in [2.75, 3.05) is 6.61 Å². The zero-order valence-corrected chi connectivity index (χ0v) is 36.5. The molecule has 0 radical (unpaired) electrons. The van der Waals surface area contributed by atoms with Gasteiger partial charge < -0.3 is 28.5 Å². The molecule has 3 aromatic heterocycles. The van der Waals surface area contributed by atoms with Crippen molar-refractivity contribution in [1.29, 1.82) is 0 Å². The summed E-state index contributed by atoms with van der Waals surface area (Å²) in [6.07, 6.45) is 13.9. The number of fused-ring (bicyclic) bond motifs is 6. The van der Waals surface area contributed by atoms with Crippen LogP contribution >= 0.6 is 0 Å². The minimum atomic E-state index is -1.14. The summed E-state index contributed by atoms with van der Waals surface area (Å²) in [7, 11) is 0. The predicted molar refractivity (Wildman–Crippen MR) is 259 cm³/mol. The topological polar surface area (TPSA) is 87.7 Å². The molecule has 0 aliphatic heterocycles. The van der Waals surface area contributed by atoms with E-state index in [4.69, 9.17) is 14.2 Å². The van der Waals surface area contributed by atoms with Gasteiger partial charge in [0, 0.05) is 45.2 Å². The second-order valence-electron chi connectivity index (χ2n) is 16.7. The summed E-state index contributed by atoms with van der Waals surface area (Å²) in [5.41, 5.74) is 8.24. The normalized spacial score (nSPS) is 11.5. The van der Waals surface area contributed by atoms with E-state index < -0.39 is 5.97 Å². The average Bonchev–Trinajstić information content (AvgIpc) is 3.85. The van der Waals surface area contributed by atoms with Crippen molar-refractivity contribution in [1.82, 2.24) is 14.1 Å². The Morgan fingerprint density at radius 1 is 0.500 bits per heavy atom. The van der Waals surface area contributed by atoms with Gasteiger partial charge in [-0.1, -0.05) is 138 Å². The Morgan fingerprint density at radius 3 is 1.47 bits per heavy atom. The summed E-state index contributed by atoms with van der Waals surface area (Å²) in [5, 5.41) is 14.5. The van der Waals surface area contributed by atoms with Gasteiger partial charge in [-0.2, -0.15) is 0 Å². The SMILES string of the molecule is CCCCCCCCCCCCOc1cc(COc2cccnc2C(=O)O)cc(OCc2cc(-n3c4ccccc4c4ccccc43)cc(-n3c4ccccc4c4ccccc43)c2)c1. The Bertz CT molecular complexity index is 2800. The Hall–Kier alpha value is -7.06. The molecule has 0 saturated carbocycles. The average molecular weight is 850 g/mol. The van der Waals surface area contributed by atoms with E-state index in [1.807, 2.05) is 18.2 Å². The number of carboxylic acids is 1. The first kappa shape index (κ1) is 42.3. The lowest BCUT2D eigenvalue weighted by Crippen LogP contribution is -2.06. The molecule has 9 aromatic rings. The molecule has 0 atom stereocenters. The Labute approximate surface area is 374 Å². The third kappa shape index (κ3) is 9.32. The molecule has 324 valence electrons. The number of hydrogen-bond acceptors (Lipinski definition) is 5. The van der Waals surface area contributed by atoms with Gasteiger partial charge in [-0.25, -0.2) is 9.78 Å². The van der Waals surface area contributed by atoms with Crippen molar-refractivity contribution in [2.45, 2.75) is 84.3 Å². The van der Waals surface area contributed by atoms with Crippen LogP contribution in [0, 0.1) is 0 Å². The highest BCUT2D eigenvalue weighted by atomic mass is 16.5. The Morgan fingerprint density at radius 2 is 0.953 bits per heavy atom. The van der Waals surface area contributed by atoms with E-state index in [0.29, 0.717) is 18.1 Å². The summed E-state index contributed by atoms with van der Waals surface area (Å²) >= 11 is 0. The van der Waals surface area contributed by atoms with Crippen LogP contribution in [0.15, 0.2) is 152 Å². The smallest absolute Gasteiger partial charge is 0.358 e. The van der Waals surface area contributed by atoms with Crippen LogP contribution in [0.25, 0.3) is 55.0 Å². The lowest BCUT2D eigenvalue weighted by molar-refractivity contribution is 0.0684. The molecule has 0 amide bonds. The minimum Gasteiger partial charge on any atom is -0.493 e. The van der Waals surface area contributed by atoms with Crippen molar-refractivity contribution in [2.24, 2.45) is 0 Å². The van der Waals surface area contributed by atoms with Crippen LogP contribution in [0.3, 0.4) is 0 Å². The van der Waals surface area contributed by atoms with Crippen LogP contribution in [0.4, 0.5) is 0 Å². The Kier molecular flexibility index (Phi) is 13.2. The third-order valence-electron chi connectivity index (χ3n) is 12.1. The van der Waals surface area contributed by atoms with E-state index in [-0.39, 0.29) is 24.7 Å². The molecular formula is C56H55N3O5. The van der Waals surface area contributed by atoms with Crippen molar-refractivity contribution >= 4 is 49.6 Å². The quantitative estimate of drug-likeness (QED) is 0.0725. The molecule has 9 rings (SSSR count). The third-order valence-corrected chi connectivity index (χ3v) is 12.1. The molecule has 8 nitrogen and oxygen atoms in total. The van der Waals surface area contributed by atoms with Gasteiger partial charge in [-0.05, 0) is 84.3 Å². The number of pyridine rings is 1. The van der Waals surface area contributed by atoms with E-state index in [2.05, 4.69) is 136 Å². The molecule has 0 unspecified atom stereocenters. The van der Waals surface area contributed by atoms with E-state index in [0.717, 1.165) is 57.4 Å². The van der Waals surface area contributed by atoms with Crippen LogP contribution < -0.4 is 14.2 Å². The van der Waals surface area contributed by atoms with Crippen LogP contribution in [-0.2, 0) is 13.2 Å². The summed E-state index contributed by atoms with van der Waals surface area (Å²) in [5.74, 6) is 0.372. The summed E-state index contributed by atoms with van der Waals surface area (Å²) < 4.78 is 23.9. The number of para-hydroxylation sites is 4. The second kappa shape index (κ2) is 20.0. The van der Waals surface area contributed by atoms with Gasteiger partial charge in [0.05, 0.1) is 28.7 Å². The lowest BCUT2D eigenvalue weighted by atomic mass is 10.1. The number of nitrogens with zero attached hydrogens (tertiary/aromatic N) is 3. The zero-order chi connectivity index (χ0) is 43.7. The number of aromatic carboxylic acids is 1. The number of unbranched alkanes of at least 4 members (excludes halogenated alkanes) is 9. The molecule has 8 heteroatoms. The van der Waals surface area contributed by atoms with Crippen LogP contribution in [0.2, 0.25) is 0 Å². The number of carboxylic acid groups (broad SMARTS) is 1. The van der Waals surface area contributed by atoms with E-state index in [1.165, 1.54) is 79.1 Å². The molecule has 0 aliphatic rings. The molecular weight excluding hydrogens is 795 g/mol. The molecule has 6 aromatic carbocycles. The molecule has 0 spiro atoms. The molecule has 0 aliphatic carbocycles. The molecule has 0 saturated heterocycles. The minimum absolute atomic E-state index is 0.110. The highest BCUT2D eigenvalue weighted by Crippen LogP contribution is 2.36. The van der Waals surface area contributed by atoms with Gasteiger partial charge in [0.15, 0.2) is 11.4 Å². The molecule has 64 heavy (non-hydrogen) atoms. The Balaban J connectivity index is 1.03. The van der Waals surface area contributed by atoms with Crippen molar-refractivity contribution in [3.05, 3.63) is 169 Å². The zero-order valence-electron chi connectivity index (χ0n) is 36.5. The first-order chi connectivity index (χ1) is 31.6. The van der Waals surface area contributed by atoms with Crippen molar-refractivity contribution < 1.29 is 24.1 Å². The van der Waals surface area contributed by atoms with E-state index in [1.54, 1.807) is 12.1 Å². The maximum atomic E-state index is 11.9. The monoisotopic (exact) mass is 849 g/mol. The fourth-order valence-electron chi connectivity index (χ4n) is 9.05. The largest absolute Gasteiger partial charge is 0.493 e. The number of benzene rings is 6. The predicted octanol–water partition coefficient (Wildman–Crippen LogP) is 14.4. The molecule has 0 bridgehead atoms. The van der Waals surface area contributed by atoms with E-state index >= 15 is 0 Å². The maximum absolute atomic E-state index is 11.9. The van der Waals surface area contributed by atoms with E-state index in [9.17, 15) is 9.90 Å². The highest BCUT2D eigenvalue weighted by molar-refractivity contribution is 6.10. The van der Waals surface area contributed by atoms with Gasteiger partial charge in [0.2, 0.25) is 0 Å². The van der Waals surface area contributed by atoms with Gasteiger partial charge in [0.1, 0.15) is 24.7 Å². The fourth-order valence-corrected chi connectivity index (χ4v) is 9.05. The summed E-state index contributed by atoms with van der Waals surface area (Å²) in [4.78, 5) is 15.9. The number of rotatable bonds is 21. The molecule has 3 heterocycles. The number of aromatic nitrogens is 3. The van der Waals surface area contributed by atoms with Gasteiger partial charge in [0.25, 0.3) is 0 Å². The van der Waals surface area contributed by atoms with Gasteiger partial charge in [-0.3, -0.25) is 0 Å². The van der Waals surface area contributed by atoms with Gasteiger partial charge in [-0.15, -0.1) is 0 Å². The maximum Gasteiger partial charge on any atom is 0.358 e. The van der Waals surface area contributed by atoms with Crippen LogP contribution in [-0.4, -0.2) is 31.8 Å². The summed E-state index contributed by atoms with van der Waals surface area (Å²) in [6, 6.07) is 50.2. The van der Waals surface area contributed by atoms with Crippen molar-refractivity contribution in [3.63, 3.8) is 0 Å². The van der Waals surface area contributed by atoms with Crippen molar-refractivity contribution in [3.8, 4) is 28.6 Å². The summed E-state index contributed by atoms with van der Waals surface area (Å²) in [6.45, 7) is 3.24. The number of hydrogen-bond donors (Lipinski definition) is 1. The first-order valence-corrected chi connectivity index (χ1v) is 22.9. The number of carbonyl (C=O) groups is 1. The molecule has 0 fully saturated rings. The lowest BCUT2D eigenvalue weighted by Gasteiger charge is -2.17. The first-order valence-electron chi connectivity index (χ1n) is 22.9. The van der Waals surface area contributed by atoms with Gasteiger partial charge >= 0.3 is 5.97 Å². The fraction of sp³-hybridized carbons (Fsp3) is 0.250. The molecule has 1 N–H and O–H groups in total. The van der Waals surface area contributed by atoms with Crippen LogP contribution in [0.5, 0.6) is 17.2 Å². The highest BCUT2D eigenvalue weighted by Gasteiger charge is 2.18. The van der Waals surface area contributed by atoms with Crippen LogP contribution in [0.1, 0.15) is 92.7 Å². The number of ether oxygens (including phenoxy) is 3. The standard InChI is InChI=1S/C56H55N3O5/c1-2-3-4-5-6-7-8-9-10-19-31-62-44-34-41(39-64-54-29-20-30-57-55(54)56(60)61)35-45(37-44)63-38-40-32-42(58-50-25-15-11-21-46(50)47-22-12-16-26-51(47)58)36-43(33-40)59-52-27-17-13-23-48(52)49-24-14-18-28-53(49)59/h11-18,20-30,32-37H,2-10,19,31,38-39H2,1H3,(H,60,61).